The Labute approximate surface area is 96.0 Å². The van der Waals surface area contributed by atoms with E-state index >= 15 is 0 Å². The molecule has 1 atom stereocenters. The van der Waals surface area contributed by atoms with Crippen molar-refractivity contribution in [1.82, 2.24) is 0 Å². The summed E-state index contributed by atoms with van der Waals surface area (Å²) in [6, 6.07) is 5.37. The average Bonchev–Trinajstić information content (AvgIpc) is 2.28. The van der Waals surface area contributed by atoms with Crippen LogP contribution in [0.5, 0.6) is 5.75 Å². The summed E-state index contributed by atoms with van der Waals surface area (Å²) in [5, 5.41) is 28.1. The molecule has 1 aromatic rings. The molecule has 0 amide bonds. The second kappa shape index (κ2) is 4.94. The summed E-state index contributed by atoms with van der Waals surface area (Å²) in [5.74, 6) is -1.67. The lowest BCUT2D eigenvalue weighted by Crippen LogP contribution is -2.13. The minimum Gasteiger partial charge on any atom is -0.477 e. The highest BCUT2D eigenvalue weighted by Crippen LogP contribution is 2.28. The molecule has 0 radical (unpaired) electrons. The van der Waals surface area contributed by atoms with Gasteiger partial charge in [0.1, 0.15) is 11.8 Å². The van der Waals surface area contributed by atoms with Gasteiger partial charge in [-0.05, 0) is 13.0 Å². The largest absolute Gasteiger partial charge is 0.477 e. The number of nitro groups is 1. The van der Waals surface area contributed by atoms with Crippen molar-refractivity contribution >= 4 is 11.7 Å². The van der Waals surface area contributed by atoms with Crippen molar-refractivity contribution in [3.8, 4) is 11.8 Å². The lowest BCUT2D eigenvalue weighted by Gasteiger charge is -2.10. The summed E-state index contributed by atoms with van der Waals surface area (Å²) in [4.78, 5) is 20.8. The fourth-order valence-corrected chi connectivity index (χ4v) is 1.20. The Morgan fingerprint density at radius 2 is 2.29 bits per heavy atom. The van der Waals surface area contributed by atoms with E-state index in [2.05, 4.69) is 0 Å². The van der Waals surface area contributed by atoms with Gasteiger partial charge in [0.2, 0.25) is 0 Å². The van der Waals surface area contributed by atoms with Crippen LogP contribution in [0.2, 0.25) is 0 Å². The summed E-state index contributed by atoms with van der Waals surface area (Å²) in [6.45, 7) is 1.41. The molecule has 0 saturated carbocycles. The predicted molar refractivity (Wildman–Crippen MR) is 55.8 cm³/mol. The van der Waals surface area contributed by atoms with Crippen LogP contribution >= 0.6 is 0 Å². The molecular weight excluding hydrogens is 228 g/mol. The highest BCUT2D eigenvalue weighted by Gasteiger charge is 2.25. The van der Waals surface area contributed by atoms with Gasteiger partial charge >= 0.3 is 5.97 Å². The fraction of sp³-hybridized carbons (Fsp3) is 0.200. The van der Waals surface area contributed by atoms with Crippen LogP contribution in [0.25, 0.3) is 0 Å². The number of carboxylic acid groups (broad SMARTS) is 1. The number of nitriles is 1. The first-order chi connectivity index (χ1) is 7.97. The van der Waals surface area contributed by atoms with E-state index in [0.717, 1.165) is 6.07 Å². The van der Waals surface area contributed by atoms with E-state index in [-0.39, 0.29) is 5.75 Å². The molecule has 0 heterocycles. The number of rotatable bonds is 4. The average molecular weight is 236 g/mol. The van der Waals surface area contributed by atoms with E-state index in [0.29, 0.717) is 0 Å². The van der Waals surface area contributed by atoms with Gasteiger partial charge in [-0.1, -0.05) is 6.07 Å². The van der Waals surface area contributed by atoms with Gasteiger partial charge in [-0.2, -0.15) is 5.26 Å². The van der Waals surface area contributed by atoms with Crippen LogP contribution in [0.3, 0.4) is 0 Å². The molecule has 0 bridgehead atoms. The van der Waals surface area contributed by atoms with E-state index in [9.17, 15) is 14.9 Å². The third-order valence-electron chi connectivity index (χ3n) is 1.90. The van der Waals surface area contributed by atoms with E-state index in [1.165, 1.54) is 19.1 Å². The molecule has 1 rings (SSSR count). The summed E-state index contributed by atoms with van der Waals surface area (Å²) < 4.78 is 5.00. The van der Waals surface area contributed by atoms with Gasteiger partial charge in [0.05, 0.1) is 4.92 Å². The maximum Gasteiger partial charge on any atom is 0.346 e. The number of aromatic carboxylic acids is 1. The third-order valence-corrected chi connectivity index (χ3v) is 1.90. The molecule has 0 aliphatic rings. The zero-order valence-electron chi connectivity index (χ0n) is 8.78. The molecule has 7 nitrogen and oxygen atoms in total. The van der Waals surface area contributed by atoms with E-state index in [1.54, 1.807) is 6.07 Å². The molecule has 1 aromatic carbocycles. The Morgan fingerprint density at radius 1 is 1.65 bits per heavy atom. The van der Waals surface area contributed by atoms with Crippen LogP contribution in [-0.4, -0.2) is 22.1 Å². The van der Waals surface area contributed by atoms with Crippen LogP contribution in [0.15, 0.2) is 18.2 Å². The topological polar surface area (TPSA) is 113 Å². The highest BCUT2D eigenvalue weighted by molar-refractivity contribution is 5.95. The maximum absolute atomic E-state index is 10.9. The minimum absolute atomic E-state index is 0.194. The fourth-order valence-electron chi connectivity index (χ4n) is 1.20. The first-order valence-corrected chi connectivity index (χ1v) is 4.54. The van der Waals surface area contributed by atoms with Crippen molar-refractivity contribution in [3.63, 3.8) is 0 Å². The molecule has 0 spiro atoms. The van der Waals surface area contributed by atoms with Gasteiger partial charge in [-0.25, -0.2) is 4.79 Å². The standard InChI is InChI=1S/C10H8N2O5/c1-6(5-11)17-8-4-2-3-7(12(15)16)9(8)10(13)14/h2-4,6H,1H3,(H,13,14). The van der Waals surface area contributed by atoms with Gasteiger partial charge in [-0.3, -0.25) is 10.1 Å². The van der Waals surface area contributed by atoms with Crippen molar-refractivity contribution in [2.24, 2.45) is 0 Å². The van der Waals surface area contributed by atoms with Crippen LogP contribution in [0.4, 0.5) is 5.69 Å². The second-order valence-corrected chi connectivity index (χ2v) is 3.10. The summed E-state index contributed by atoms with van der Waals surface area (Å²) >= 11 is 0. The molecule has 0 aliphatic carbocycles. The molecule has 0 saturated heterocycles. The van der Waals surface area contributed by atoms with Crippen LogP contribution < -0.4 is 4.74 Å². The zero-order chi connectivity index (χ0) is 13.0. The van der Waals surface area contributed by atoms with Crippen molar-refractivity contribution < 1.29 is 19.6 Å². The number of carbonyl (C=O) groups is 1. The second-order valence-electron chi connectivity index (χ2n) is 3.10. The Kier molecular flexibility index (Phi) is 3.62. The number of hydrogen-bond donors (Lipinski definition) is 1. The quantitative estimate of drug-likeness (QED) is 0.627. The molecular formula is C10H8N2O5. The molecule has 17 heavy (non-hydrogen) atoms. The van der Waals surface area contributed by atoms with Gasteiger partial charge in [0.15, 0.2) is 11.7 Å². The van der Waals surface area contributed by atoms with Gasteiger partial charge in [-0.15, -0.1) is 0 Å². The molecule has 88 valence electrons. The molecule has 7 heteroatoms. The first kappa shape index (κ1) is 12.4. The minimum atomic E-state index is -1.47. The predicted octanol–water partition coefficient (Wildman–Crippen LogP) is 1.58. The van der Waals surface area contributed by atoms with E-state index in [4.69, 9.17) is 15.1 Å². The SMILES string of the molecule is CC(C#N)Oc1cccc([N+](=O)[O-])c1C(=O)O. The Hall–Kier alpha value is -2.62. The third kappa shape index (κ3) is 2.69. The number of hydrogen-bond acceptors (Lipinski definition) is 5. The summed E-state index contributed by atoms with van der Waals surface area (Å²) in [6.07, 6.45) is -0.893. The normalized spacial score (nSPS) is 11.3. The van der Waals surface area contributed by atoms with Crippen molar-refractivity contribution in [2.75, 3.05) is 0 Å². The van der Waals surface area contributed by atoms with Crippen LogP contribution in [0, 0.1) is 21.4 Å². The number of carboxylic acids is 1. The zero-order valence-corrected chi connectivity index (χ0v) is 8.78. The summed E-state index contributed by atoms with van der Waals surface area (Å²) in [5.41, 5.74) is -1.13. The van der Waals surface area contributed by atoms with Gasteiger partial charge in [0, 0.05) is 6.07 Å². The van der Waals surface area contributed by atoms with Crippen molar-refractivity contribution in [1.29, 1.82) is 5.26 Å². The Morgan fingerprint density at radius 3 is 2.76 bits per heavy atom. The highest BCUT2D eigenvalue weighted by atomic mass is 16.6. The number of nitro benzene ring substituents is 1. The van der Waals surface area contributed by atoms with Crippen LogP contribution in [0.1, 0.15) is 17.3 Å². The molecule has 1 unspecified atom stereocenters. The molecule has 1 N–H and O–H groups in total. The van der Waals surface area contributed by atoms with Crippen molar-refractivity contribution in [2.45, 2.75) is 13.0 Å². The van der Waals surface area contributed by atoms with Gasteiger partial charge < -0.3 is 9.84 Å². The molecule has 0 aromatic heterocycles. The first-order valence-electron chi connectivity index (χ1n) is 4.54. The van der Waals surface area contributed by atoms with Crippen LogP contribution in [-0.2, 0) is 0 Å². The molecule has 0 aliphatic heterocycles. The maximum atomic E-state index is 10.9. The lowest BCUT2D eigenvalue weighted by atomic mass is 10.1. The Bertz CT molecular complexity index is 506. The monoisotopic (exact) mass is 236 g/mol. The smallest absolute Gasteiger partial charge is 0.346 e. The molecule has 0 fully saturated rings. The van der Waals surface area contributed by atoms with E-state index < -0.39 is 28.2 Å². The summed E-state index contributed by atoms with van der Waals surface area (Å²) in [7, 11) is 0. The van der Waals surface area contributed by atoms with Gasteiger partial charge in [0.25, 0.3) is 5.69 Å². The lowest BCUT2D eigenvalue weighted by molar-refractivity contribution is -0.385. The Balaban J connectivity index is 3.31. The van der Waals surface area contributed by atoms with E-state index in [1.807, 2.05) is 0 Å². The number of nitrogens with zero attached hydrogens (tertiary/aromatic N) is 2. The van der Waals surface area contributed by atoms with Crippen molar-refractivity contribution in [3.05, 3.63) is 33.9 Å². The number of benzene rings is 1. The number of ether oxygens (including phenoxy) is 1.